The first-order valence-electron chi connectivity index (χ1n) is 15.1. The Bertz CT molecular complexity index is 1490. The van der Waals surface area contributed by atoms with E-state index in [4.69, 9.17) is 14.7 Å². The van der Waals surface area contributed by atoms with Gasteiger partial charge < -0.3 is 19.8 Å². The molecule has 0 saturated carbocycles. The molecule has 3 atom stereocenters. The lowest BCUT2D eigenvalue weighted by Gasteiger charge is -2.34. The Morgan fingerprint density at radius 3 is 2.53 bits per heavy atom. The van der Waals surface area contributed by atoms with Gasteiger partial charge in [0.05, 0.1) is 23.5 Å². The fourth-order valence-corrected chi connectivity index (χ4v) is 6.17. The Morgan fingerprint density at radius 2 is 1.81 bits per heavy atom. The molecule has 0 aliphatic carbocycles. The molecule has 43 heavy (non-hydrogen) atoms. The summed E-state index contributed by atoms with van der Waals surface area (Å²) in [6, 6.07) is 19.1. The molecule has 0 bridgehead atoms. The zero-order valence-electron chi connectivity index (χ0n) is 25.8. The second-order valence-electron chi connectivity index (χ2n) is 12.8. The summed E-state index contributed by atoms with van der Waals surface area (Å²) in [4.78, 5) is 14.6. The molecule has 1 aliphatic rings. The van der Waals surface area contributed by atoms with Gasteiger partial charge in [-0.3, -0.25) is 0 Å². The van der Waals surface area contributed by atoms with Crippen LogP contribution in [0.25, 0.3) is 22.6 Å². The fourth-order valence-electron chi connectivity index (χ4n) is 5.42. The highest BCUT2D eigenvalue weighted by Crippen LogP contribution is 2.39. The number of nitrogens with zero attached hydrogens (tertiary/aromatic N) is 5. The van der Waals surface area contributed by atoms with Crippen LogP contribution in [0.5, 0.6) is 0 Å². The summed E-state index contributed by atoms with van der Waals surface area (Å²) in [5.41, 5.74) is 3.96. The van der Waals surface area contributed by atoms with E-state index < -0.39 is 8.07 Å². The minimum Gasteiger partial charge on any atom is -0.361 e. The van der Waals surface area contributed by atoms with Crippen molar-refractivity contribution in [2.75, 3.05) is 18.5 Å². The lowest BCUT2D eigenvalue weighted by molar-refractivity contribution is -0.155. The van der Waals surface area contributed by atoms with E-state index in [-0.39, 0.29) is 24.6 Å². The van der Waals surface area contributed by atoms with Crippen molar-refractivity contribution in [3.05, 3.63) is 84.1 Å². The maximum absolute atomic E-state index is 14.1. The van der Waals surface area contributed by atoms with Crippen LogP contribution in [0.1, 0.15) is 50.2 Å². The summed E-state index contributed by atoms with van der Waals surface area (Å²) in [7, 11) is -1.30. The van der Waals surface area contributed by atoms with Gasteiger partial charge in [0.25, 0.3) is 0 Å². The van der Waals surface area contributed by atoms with E-state index in [1.54, 1.807) is 18.3 Å². The molecule has 2 N–H and O–H groups in total. The van der Waals surface area contributed by atoms with E-state index in [9.17, 15) is 9.60 Å². The highest BCUT2D eigenvalue weighted by atomic mass is 28.3. The standard InChI is InChI=1S/C33H43FN6O2Si/c1-23-16-18-40(41)29(21-23)32-38-30(28-15-17-35-33(37-28)36-24(2)25-9-7-6-8-10-25)31(26-11-13-27(34)14-12-26)39(32)22-42-19-20-43(3,4)5/h6-15,17,23-24,29,41H,16,18-22H2,1-5H3,(H,35,36,37). The number of hydrogen-bond donors (Lipinski definition) is 2. The smallest absolute Gasteiger partial charge is 0.223 e. The molecule has 10 heteroatoms. The highest BCUT2D eigenvalue weighted by molar-refractivity contribution is 6.76. The summed E-state index contributed by atoms with van der Waals surface area (Å²) >= 11 is 0. The normalized spacial score (nSPS) is 18.5. The van der Waals surface area contributed by atoms with Crippen molar-refractivity contribution in [1.29, 1.82) is 0 Å². The molecule has 0 amide bonds. The van der Waals surface area contributed by atoms with Crippen molar-refractivity contribution >= 4 is 14.0 Å². The van der Waals surface area contributed by atoms with Crippen molar-refractivity contribution in [3.8, 4) is 22.6 Å². The van der Waals surface area contributed by atoms with Crippen molar-refractivity contribution in [3.63, 3.8) is 0 Å². The molecule has 228 valence electrons. The minimum atomic E-state index is -1.30. The van der Waals surface area contributed by atoms with Gasteiger partial charge in [0.15, 0.2) is 0 Å². The largest absolute Gasteiger partial charge is 0.361 e. The topological polar surface area (TPSA) is 88.3 Å². The third-order valence-corrected chi connectivity index (χ3v) is 9.71. The Kier molecular flexibility index (Phi) is 9.71. The molecule has 5 rings (SSSR count). The maximum atomic E-state index is 14.1. The van der Waals surface area contributed by atoms with Crippen LogP contribution in [0.3, 0.4) is 0 Å². The van der Waals surface area contributed by atoms with E-state index in [1.165, 1.54) is 17.2 Å². The molecule has 8 nitrogen and oxygen atoms in total. The van der Waals surface area contributed by atoms with E-state index in [2.05, 4.69) is 55.9 Å². The number of hydroxylamine groups is 2. The SMILES string of the molecule is CC1CCN(O)C(c2nc(-c3ccnc(NC(C)c4ccccc4)n3)c(-c3ccc(F)cc3)n2COCC[Si](C)(C)C)C1. The van der Waals surface area contributed by atoms with Gasteiger partial charge in [-0.1, -0.05) is 56.9 Å². The van der Waals surface area contributed by atoms with Gasteiger partial charge in [0.2, 0.25) is 5.95 Å². The average Bonchev–Trinajstić information content (AvgIpc) is 3.36. The number of piperidine rings is 1. The van der Waals surface area contributed by atoms with E-state index in [1.807, 2.05) is 28.8 Å². The van der Waals surface area contributed by atoms with Crippen LogP contribution in [0.4, 0.5) is 10.3 Å². The number of hydrogen-bond acceptors (Lipinski definition) is 7. The number of halogens is 1. The Labute approximate surface area is 255 Å². The number of aromatic nitrogens is 4. The van der Waals surface area contributed by atoms with Gasteiger partial charge in [-0.05, 0) is 67.6 Å². The van der Waals surface area contributed by atoms with Gasteiger partial charge >= 0.3 is 0 Å². The lowest BCUT2D eigenvalue weighted by Crippen LogP contribution is -2.35. The summed E-state index contributed by atoms with van der Waals surface area (Å²) in [6.07, 6.45) is 3.40. The molecule has 4 aromatic rings. The number of anilines is 1. The monoisotopic (exact) mass is 602 g/mol. The minimum absolute atomic E-state index is 0.00687. The summed E-state index contributed by atoms with van der Waals surface area (Å²) in [6.45, 7) is 12.7. The number of ether oxygens (including phenoxy) is 1. The summed E-state index contributed by atoms with van der Waals surface area (Å²) in [5.74, 6) is 1.31. The van der Waals surface area contributed by atoms with Crippen LogP contribution in [-0.2, 0) is 11.5 Å². The van der Waals surface area contributed by atoms with Crippen molar-refractivity contribution in [2.24, 2.45) is 5.92 Å². The molecule has 3 unspecified atom stereocenters. The maximum Gasteiger partial charge on any atom is 0.223 e. The van der Waals surface area contributed by atoms with Crippen LogP contribution < -0.4 is 5.32 Å². The second-order valence-corrected chi connectivity index (χ2v) is 18.4. The van der Waals surface area contributed by atoms with Crippen LogP contribution in [-0.4, -0.2) is 51.0 Å². The lowest BCUT2D eigenvalue weighted by atomic mass is 9.93. The first-order valence-corrected chi connectivity index (χ1v) is 18.8. The number of imidazole rings is 1. The zero-order valence-corrected chi connectivity index (χ0v) is 26.8. The molecule has 1 aliphatic heterocycles. The van der Waals surface area contributed by atoms with E-state index in [0.29, 0.717) is 42.2 Å². The highest BCUT2D eigenvalue weighted by Gasteiger charge is 2.33. The number of benzene rings is 2. The third kappa shape index (κ3) is 7.75. The predicted octanol–water partition coefficient (Wildman–Crippen LogP) is 7.79. The molecule has 3 heterocycles. The Morgan fingerprint density at radius 1 is 1.07 bits per heavy atom. The predicted molar refractivity (Wildman–Crippen MR) is 171 cm³/mol. The number of rotatable bonds is 11. The molecular formula is C33H43FN6O2Si. The second kappa shape index (κ2) is 13.5. The van der Waals surface area contributed by atoms with Gasteiger partial charge in [-0.15, -0.1) is 0 Å². The van der Waals surface area contributed by atoms with Gasteiger partial charge in [0, 0.05) is 33.0 Å². The molecule has 1 saturated heterocycles. The first-order chi connectivity index (χ1) is 20.6. The molecule has 1 fully saturated rings. The molecule has 2 aromatic carbocycles. The van der Waals surface area contributed by atoms with Crippen molar-refractivity contribution in [1.82, 2.24) is 24.6 Å². The molecule has 0 radical (unpaired) electrons. The molecule has 0 spiro atoms. The quantitative estimate of drug-likeness (QED) is 0.134. The summed E-state index contributed by atoms with van der Waals surface area (Å²) in [5, 5.41) is 15.8. The third-order valence-electron chi connectivity index (χ3n) is 8.01. The van der Waals surface area contributed by atoms with E-state index >= 15 is 0 Å². The molecular weight excluding hydrogens is 559 g/mol. The van der Waals surface area contributed by atoms with Gasteiger partial charge in [0.1, 0.15) is 24.1 Å². The molecule has 2 aromatic heterocycles. The van der Waals surface area contributed by atoms with Crippen LogP contribution >= 0.6 is 0 Å². The summed E-state index contributed by atoms with van der Waals surface area (Å²) < 4.78 is 22.4. The van der Waals surface area contributed by atoms with Gasteiger partial charge in [-0.2, -0.15) is 5.06 Å². The van der Waals surface area contributed by atoms with Crippen LogP contribution in [0.15, 0.2) is 66.9 Å². The Hall–Kier alpha value is -3.44. The van der Waals surface area contributed by atoms with Crippen LogP contribution in [0, 0.1) is 11.7 Å². The zero-order chi connectivity index (χ0) is 30.6. The van der Waals surface area contributed by atoms with Gasteiger partial charge in [-0.25, -0.2) is 19.3 Å². The first kappa shape index (κ1) is 31.0. The number of nitrogens with one attached hydrogen (secondary N) is 1. The van der Waals surface area contributed by atoms with Crippen LogP contribution in [0.2, 0.25) is 25.7 Å². The fraction of sp³-hybridized carbons (Fsp3) is 0.424. The Balaban J connectivity index is 1.59. The van der Waals surface area contributed by atoms with Crippen molar-refractivity contribution < 1.29 is 14.3 Å². The van der Waals surface area contributed by atoms with Crippen molar-refractivity contribution in [2.45, 2.75) is 71.2 Å². The van der Waals surface area contributed by atoms with E-state index in [0.717, 1.165) is 35.7 Å². The average molecular weight is 603 g/mol.